The van der Waals surface area contributed by atoms with E-state index in [-0.39, 0.29) is 0 Å². The Labute approximate surface area is 106 Å². The molecular formula is C15H26N2. The second-order valence-corrected chi connectivity index (χ2v) is 4.96. The lowest BCUT2D eigenvalue weighted by atomic mass is 9.91. The average Bonchev–Trinajstić information content (AvgIpc) is 2.39. The minimum Gasteiger partial charge on any atom is -0.330 e. The van der Waals surface area contributed by atoms with Crippen molar-refractivity contribution in [2.75, 3.05) is 13.6 Å². The van der Waals surface area contributed by atoms with Gasteiger partial charge >= 0.3 is 0 Å². The SMILES string of the molecule is CCC(C)c1ccc(C(NC)C(C)CN)cc1. The zero-order chi connectivity index (χ0) is 12.8. The van der Waals surface area contributed by atoms with Gasteiger partial charge in [-0.05, 0) is 43.0 Å². The van der Waals surface area contributed by atoms with Crippen LogP contribution < -0.4 is 11.1 Å². The van der Waals surface area contributed by atoms with Gasteiger partial charge in [0.25, 0.3) is 0 Å². The minimum absolute atomic E-state index is 0.353. The van der Waals surface area contributed by atoms with Crippen molar-refractivity contribution in [3.8, 4) is 0 Å². The Kier molecular flexibility index (Phi) is 5.66. The fraction of sp³-hybridized carbons (Fsp3) is 0.600. The number of rotatable bonds is 6. The van der Waals surface area contributed by atoms with Crippen LogP contribution in [0.2, 0.25) is 0 Å². The topological polar surface area (TPSA) is 38.0 Å². The largest absolute Gasteiger partial charge is 0.330 e. The van der Waals surface area contributed by atoms with E-state index in [9.17, 15) is 0 Å². The molecule has 0 amide bonds. The first-order valence-electron chi connectivity index (χ1n) is 6.61. The molecule has 2 heteroatoms. The van der Waals surface area contributed by atoms with Crippen molar-refractivity contribution >= 4 is 0 Å². The van der Waals surface area contributed by atoms with E-state index in [0.29, 0.717) is 24.4 Å². The summed E-state index contributed by atoms with van der Waals surface area (Å²) in [5.74, 6) is 1.10. The van der Waals surface area contributed by atoms with Gasteiger partial charge < -0.3 is 11.1 Å². The van der Waals surface area contributed by atoms with Crippen LogP contribution in [0.5, 0.6) is 0 Å². The summed E-state index contributed by atoms with van der Waals surface area (Å²) in [5.41, 5.74) is 8.50. The maximum Gasteiger partial charge on any atom is 0.0355 e. The van der Waals surface area contributed by atoms with E-state index in [1.807, 2.05) is 7.05 Å². The molecule has 0 bridgehead atoms. The van der Waals surface area contributed by atoms with E-state index >= 15 is 0 Å². The van der Waals surface area contributed by atoms with Crippen molar-refractivity contribution in [2.45, 2.75) is 39.2 Å². The number of hydrogen-bond acceptors (Lipinski definition) is 2. The molecule has 1 rings (SSSR count). The predicted octanol–water partition coefficient (Wildman–Crippen LogP) is 3.06. The molecule has 0 aromatic heterocycles. The van der Waals surface area contributed by atoms with Gasteiger partial charge in [0.15, 0.2) is 0 Å². The Balaban J connectivity index is 2.85. The van der Waals surface area contributed by atoms with Gasteiger partial charge in [-0.2, -0.15) is 0 Å². The molecule has 1 aromatic rings. The lowest BCUT2D eigenvalue weighted by Crippen LogP contribution is -2.28. The molecule has 3 unspecified atom stereocenters. The summed E-state index contributed by atoms with van der Waals surface area (Å²) in [7, 11) is 2.00. The van der Waals surface area contributed by atoms with Crippen molar-refractivity contribution in [3.63, 3.8) is 0 Å². The highest BCUT2D eigenvalue weighted by molar-refractivity contribution is 5.27. The number of nitrogens with one attached hydrogen (secondary N) is 1. The van der Waals surface area contributed by atoms with Gasteiger partial charge in [-0.15, -0.1) is 0 Å². The standard InChI is InChI=1S/C15H26N2/c1-5-11(2)13-6-8-14(9-7-13)15(17-4)12(3)10-16/h6-9,11-12,15,17H,5,10,16H2,1-4H3. The molecule has 17 heavy (non-hydrogen) atoms. The third-order valence-electron chi connectivity index (χ3n) is 3.73. The normalized spacial score (nSPS) is 16.5. The van der Waals surface area contributed by atoms with E-state index in [4.69, 9.17) is 5.73 Å². The molecule has 96 valence electrons. The molecule has 1 aromatic carbocycles. The minimum atomic E-state index is 0.353. The number of benzene rings is 1. The molecule has 0 aliphatic rings. The first-order chi connectivity index (χ1) is 8.13. The van der Waals surface area contributed by atoms with Crippen LogP contribution in [-0.4, -0.2) is 13.6 Å². The monoisotopic (exact) mass is 234 g/mol. The lowest BCUT2D eigenvalue weighted by Gasteiger charge is -2.23. The van der Waals surface area contributed by atoms with Crippen LogP contribution in [0.4, 0.5) is 0 Å². The van der Waals surface area contributed by atoms with Crippen molar-refractivity contribution in [2.24, 2.45) is 11.7 Å². The van der Waals surface area contributed by atoms with Crippen LogP contribution in [0.3, 0.4) is 0 Å². The van der Waals surface area contributed by atoms with Gasteiger partial charge in [0, 0.05) is 6.04 Å². The van der Waals surface area contributed by atoms with Gasteiger partial charge in [0.1, 0.15) is 0 Å². The third kappa shape index (κ3) is 3.55. The lowest BCUT2D eigenvalue weighted by molar-refractivity contribution is 0.419. The molecule has 3 N–H and O–H groups in total. The Morgan fingerprint density at radius 1 is 1.12 bits per heavy atom. The van der Waals surface area contributed by atoms with E-state index in [2.05, 4.69) is 50.4 Å². The van der Waals surface area contributed by atoms with Crippen LogP contribution in [-0.2, 0) is 0 Å². The predicted molar refractivity (Wildman–Crippen MR) is 75.2 cm³/mol. The first kappa shape index (κ1) is 14.2. The highest BCUT2D eigenvalue weighted by Crippen LogP contribution is 2.24. The molecule has 0 saturated heterocycles. The molecule has 0 heterocycles. The molecule has 0 fully saturated rings. The third-order valence-corrected chi connectivity index (χ3v) is 3.73. The second kappa shape index (κ2) is 6.77. The van der Waals surface area contributed by atoms with Gasteiger partial charge in [0.2, 0.25) is 0 Å². The zero-order valence-electron chi connectivity index (χ0n) is 11.5. The van der Waals surface area contributed by atoms with E-state index in [1.54, 1.807) is 0 Å². The van der Waals surface area contributed by atoms with Crippen LogP contribution >= 0.6 is 0 Å². The summed E-state index contributed by atoms with van der Waals surface area (Å²) in [6, 6.07) is 9.31. The highest BCUT2D eigenvalue weighted by Gasteiger charge is 2.16. The van der Waals surface area contributed by atoms with Crippen LogP contribution in [0, 0.1) is 5.92 Å². The van der Waals surface area contributed by atoms with Crippen molar-refractivity contribution < 1.29 is 0 Å². The van der Waals surface area contributed by atoms with E-state index in [1.165, 1.54) is 17.5 Å². The van der Waals surface area contributed by atoms with Gasteiger partial charge in [-0.1, -0.05) is 45.0 Å². The molecule has 0 spiro atoms. The average molecular weight is 234 g/mol. The smallest absolute Gasteiger partial charge is 0.0355 e. The first-order valence-corrected chi connectivity index (χ1v) is 6.61. The van der Waals surface area contributed by atoms with Crippen LogP contribution in [0.1, 0.15) is 50.3 Å². The summed E-state index contributed by atoms with van der Waals surface area (Å²) < 4.78 is 0. The summed E-state index contributed by atoms with van der Waals surface area (Å²) in [4.78, 5) is 0. The van der Waals surface area contributed by atoms with Gasteiger partial charge in [0.05, 0.1) is 0 Å². The number of hydrogen-bond donors (Lipinski definition) is 2. The Morgan fingerprint density at radius 3 is 2.06 bits per heavy atom. The van der Waals surface area contributed by atoms with Gasteiger partial charge in [-0.25, -0.2) is 0 Å². The summed E-state index contributed by atoms with van der Waals surface area (Å²) in [6.45, 7) is 7.39. The number of nitrogens with two attached hydrogens (primary N) is 1. The molecule has 0 aliphatic heterocycles. The Bertz CT molecular complexity index is 318. The molecule has 0 saturated carbocycles. The van der Waals surface area contributed by atoms with Crippen LogP contribution in [0.25, 0.3) is 0 Å². The van der Waals surface area contributed by atoms with Crippen molar-refractivity contribution in [3.05, 3.63) is 35.4 Å². The fourth-order valence-corrected chi connectivity index (χ4v) is 2.18. The summed E-state index contributed by atoms with van der Waals surface area (Å²) in [6.07, 6.45) is 1.19. The van der Waals surface area contributed by atoms with E-state index in [0.717, 1.165) is 0 Å². The molecular weight excluding hydrogens is 208 g/mol. The second-order valence-electron chi connectivity index (χ2n) is 4.96. The molecule has 0 aliphatic carbocycles. The maximum absolute atomic E-state index is 5.75. The summed E-state index contributed by atoms with van der Waals surface area (Å²) >= 11 is 0. The Morgan fingerprint density at radius 2 is 1.65 bits per heavy atom. The molecule has 3 atom stereocenters. The molecule has 2 nitrogen and oxygen atoms in total. The molecule has 0 radical (unpaired) electrons. The maximum atomic E-state index is 5.75. The quantitative estimate of drug-likeness (QED) is 0.794. The highest BCUT2D eigenvalue weighted by atomic mass is 14.9. The zero-order valence-corrected chi connectivity index (χ0v) is 11.5. The summed E-state index contributed by atoms with van der Waals surface area (Å²) in [5, 5.41) is 3.35. The Hall–Kier alpha value is -0.860. The van der Waals surface area contributed by atoms with Crippen molar-refractivity contribution in [1.82, 2.24) is 5.32 Å². The van der Waals surface area contributed by atoms with Gasteiger partial charge in [-0.3, -0.25) is 0 Å². The fourth-order valence-electron chi connectivity index (χ4n) is 2.18. The van der Waals surface area contributed by atoms with E-state index < -0.39 is 0 Å². The van der Waals surface area contributed by atoms with Crippen molar-refractivity contribution in [1.29, 1.82) is 0 Å². The van der Waals surface area contributed by atoms with Crippen LogP contribution in [0.15, 0.2) is 24.3 Å².